The zero-order chi connectivity index (χ0) is 15.6. The van der Waals surface area contributed by atoms with Crippen LogP contribution < -0.4 is 0 Å². The van der Waals surface area contributed by atoms with E-state index in [2.05, 4.69) is 5.92 Å². The molecule has 0 radical (unpaired) electrons. The van der Waals surface area contributed by atoms with E-state index < -0.39 is 16.1 Å². The molecule has 106 valence electrons. The number of phenols is 1. The Bertz CT molecular complexity index is 720. The number of hydrogen-bond acceptors (Lipinski definition) is 6. The number of amides is 2. The maximum Gasteiger partial charge on any atom is 0.294 e. The van der Waals surface area contributed by atoms with Gasteiger partial charge in [0, 0.05) is 17.7 Å². The van der Waals surface area contributed by atoms with Crippen LogP contribution in [0.25, 0.3) is 6.08 Å². The molecule has 1 aliphatic heterocycles. The molecule has 1 saturated heterocycles. The van der Waals surface area contributed by atoms with Crippen molar-refractivity contribution in [1.82, 2.24) is 4.90 Å². The van der Waals surface area contributed by atoms with Crippen LogP contribution in [0.15, 0.2) is 23.1 Å². The summed E-state index contributed by atoms with van der Waals surface area (Å²) in [5, 5.41) is 19.9. The molecule has 0 spiro atoms. The van der Waals surface area contributed by atoms with Crippen LogP contribution in [-0.4, -0.2) is 32.6 Å². The zero-order valence-electron chi connectivity index (χ0n) is 10.5. The third kappa shape index (κ3) is 2.88. The third-order valence-electron chi connectivity index (χ3n) is 2.63. The van der Waals surface area contributed by atoms with Gasteiger partial charge in [0.15, 0.2) is 0 Å². The van der Waals surface area contributed by atoms with Crippen molar-refractivity contribution >= 4 is 34.7 Å². The van der Waals surface area contributed by atoms with E-state index in [1.54, 1.807) is 0 Å². The van der Waals surface area contributed by atoms with Gasteiger partial charge < -0.3 is 5.11 Å². The molecular formula is C13H8N2O5S. The van der Waals surface area contributed by atoms with Gasteiger partial charge in [-0.2, -0.15) is 0 Å². The normalized spacial score (nSPS) is 16.3. The van der Waals surface area contributed by atoms with Crippen molar-refractivity contribution < 1.29 is 19.6 Å². The molecule has 0 aliphatic carbocycles. The highest BCUT2D eigenvalue weighted by molar-refractivity contribution is 8.18. The van der Waals surface area contributed by atoms with Crippen molar-refractivity contribution in [3.05, 3.63) is 38.8 Å². The van der Waals surface area contributed by atoms with Crippen LogP contribution in [0.2, 0.25) is 0 Å². The van der Waals surface area contributed by atoms with Gasteiger partial charge in [-0.1, -0.05) is 5.92 Å². The molecule has 1 aromatic carbocycles. The second-order valence-electron chi connectivity index (χ2n) is 3.97. The fraction of sp³-hybridized carbons (Fsp3) is 0.0769. The van der Waals surface area contributed by atoms with Crippen LogP contribution in [0.4, 0.5) is 10.5 Å². The van der Waals surface area contributed by atoms with Crippen LogP contribution >= 0.6 is 11.8 Å². The molecule has 8 heteroatoms. The number of benzene rings is 1. The number of carbonyl (C=O) groups is 2. The fourth-order valence-electron chi connectivity index (χ4n) is 1.64. The van der Waals surface area contributed by atoms with Gasteiger partial charge in [-0.3, -0.25) is 24.6 Å². The first-order valence-electron chi connectivity index (χ1n) is 5.60. The molecule has 0 bridgehead atoms. The predicted octanol–water partition coefficient (Wildman–Crippen LogP) is 1.97. The van der Waals surface area contributed by atoms with Crippen LogP contribution in [0, 0.1) is 22.5 Å². The van der Waals surface area contributed by atoms with Gasteiger partial charge >= 0.3 is 0 Å². The Hall–Kier alpha value is -2.79. The number of imide groups is 1. The minimum absolute atomic E-state index is 0.0473. The molecule has 1 aliphatic rings. The van der Waals surface area contributed by atoms with Gasteiger partial charge in [0.25, 0.3) is 16.8 Å². The monoisotopic (exact) mass is 304 g/mol. The average Bonchev–Trinajstić information content (AvgIpc) is 2.69. The van der Waals surface area contributed by atoms with Crippen molar-refractivity contribution in [3.63, 3.8) is 0 Å². The maximum absolute atomic E-state index is 11.9. The summed E-state index contributed by atoms with van der Waals surface area (Å²) in [6, 6.07) is 3.40. The van der Waals surface area contributed by atoms with Crippen LogP contribution in [-0.2, 0) is 4.79 Å². The van der Waals surface area contributed by atoms with E-state index in [-0.39, 0.29) is 28.5 Å². The maximum atomic E-state index is 11.9. The highest BCUT2D eigenvalue weighted by atomic mass is 32.2. The number of nitro groups is 1. The summed E-state index contributed by atoms with van der Waals surface area (Å²) < 4.78 is 0. The molecule has 0 unspecified atom stereocenters. The van der Waals surface area contributed by atoms with Crippen molar-refractivity contribution in [1.29, 1.82) is 0 Å². The number of phenolic OH excluding ortho intramolecular Hbond substituents is 1. The lowest BCUT2D eigenvalue weighted by Gasteiger charge is -2.06. The van der Waals surface area contributed by atoms with Crippen LogP contribution in [0.1, 0.15) is 5.56 Å². The molecule has 1 N–H and O–H groups in total. The molecule has 2 amide bonds. The number of thioether (sulfide) groups is 1. The lowest BCUT2D eigenvalue weighted by molar-refractivity contribution is -0.384. The Kier molecular flexibility index (Phi) is 3.95. The molecular weight excluding hydrogens is 296 g/mol. The lowest BCUT2D eigenvalue weighted by Crippen LogP contribution is -2.28. The van der Waals surface area contributed by atoms with Crippen LogP contribution in [0.5, 0.6) is 5.75 Å². The van der Waals surface area contributed by atoms with Gasteiger partial charge in [-0.05, 0) is 23.9 Å². The van der Waals surface area contributed by atoms with E-state index in [1.807, 2.05) is 0 Å². The molecule has 0 saturated carbocycles. The largest absolute Gasteiger partial charge is 0.507 e. The summed E-state index contributed by atoms with van der Waals surface area (Å²) in [7, 11) is 0. The van der Waals surface area contributed by atoms with E-state index in [0.717, 1.165) is 23.1 Å². The molecule has 21 heavy (non-hydrogen) atoms. The Balaban J connectivity index is 2.39. The number of nitro benzene ring substituents is 1. The summed E-state index contributed by atoms with van der Waals surface area (Å²) >= 11 is 0.662. The van der Waals surface area contributed by atoms with E-state index in [9.17, 15) is 24.8 Å². The van der Waals surface area contributed by atoms with E-state index in [4.69, 9.17) is 6.42 Å². The quantitative estimate of drug-likeness (QED) is 0.396. The van der Waals surface area contributed by atoms with Gasteiger partial charge in [0.05, 0.1) is 16.4 Å². The standard InChI is InChI=1S/C13H8N2O5S/c1-2-5-14-12(17)11(21-13(14)18)7-8-6-9(15(19)20)3-4-10(8)16/h1,3-4,6-7,16H,5H2. The number of terminal acetylenes is 1. The first-order valence-corrected chi connectivity index (χ1v) is 6.42. The summed E-state index contributed by atoms with van der Waals surface area (Å²) in [5.41, 5.74) is -0.155. The Morgan fingerprint density at radius 2 is 2.19 bits per heavy atom. The highest BCUT2D eigenvalue weighted by Gasteiger charge is 2.34. The second-order valence-corrected chi connectivity index (χ2v) is 4.97. The topological polar surface area (TPSA) is 101 Å². The number of carbonyl (C=O) groups excluding carboxylic acids is 2. The van der Waals surface area contributed by atoms with Crippen molar-refractivity contribution in [2.75, 3.05) is 6.54 Å². The number of non-ortho nitro benzene ring substituents is 1. The summed E-state index contributed by atoms with van der Waals surface area (Å²) in [6.45, 7) is -0.150. The molecule has 7 nitrogen and oxygen atoms in total. The first kappa shape index (κ1) is 14.6. The first-order chi connectivity index (χ1) is 9.93. The fourth-order valence-corrected chi connectivity index (χ4v) is 2.47. The van der Waals surface area contributed by atoms with Crippen molar-refractivity contribution in [3.8, 4) is 18.1 Å². The van der Waals surface area contributed by atoms with E-state index >= 15 is 0 Å². The third-order valence-corrected chi connectivity index (χ3v) is 3.54. The summed E-state index contributed by atoms with van der Waals surface area (Å²) in [4.78, 5) is 34.5. The van der Waals surface area contributed by atoms with Gasteiger partial charge in [0.2, 0.25) is 0 Å². The average molecular weight is 304 g/mol. The van der Waals surface area contributed by atoms with Gasteiger partial charge in [0.1, 0.15) is 5.75 Å². The molecule has 0 atom stereocenters. The van der Waals surface area contributed by atoms with E-state index in [0.29, 0.717) is 11.8 Å². The number of nitrogens with zero attached hydrogens (tertiary/aromatic N) is 2. The predicted molar refractivity (Wildman–Crippen MR) is 76.3 cm³/mol. The summed E-state index contributed by atoms with van der Waals surface area (Å²) in [6.07, 6.45) is 6.29. The lowest BCUT2D eigenvalue weighted by atomic mass is 10.1. The Morgan fingerprint density at radius 1 is 1.48 bits per heavy atom. The minimum atomic E-state index is -0.624. The Labute approximate surface area is 123 Å². The molecule has 0 aromatic heterocycles. The molecule has 1 heterocycles. The van der Waals surface area contributed by atoms with Crippen molar-refractivity contribution in [2.45, 2.75) is 0 Å². The van der Waals surface area contributed by atoms with Gasteiger partial charge in [-0.15, -0.1) is 6.42 Å². The SMILES string of the molecule is C#CCN1C(=O)SC(=Cc2cc([N+](=O)[O-])ccc2O)C1=O. The minimum Gasteiger partial charge on any atom is -0.507 e. The second kappa shape index (κ2) is 5.68. The smallest absolute Gasteiger partial charge is 0.294 e. The highest BCUT2D eigenvalue weighted by Crippen LogP contribution is 2.34. The van der Waals surface area contributed by atoms with Crippen LogP contribution in [0.3, 0.4) is 0 Å². The van der Waals surface area contributed by atoms with Crippen molar-refractivity contribution in [2.24, 2.45) is 0 Å². The molecule has 1 fully saturated rings. The number of rotatable bonds is 3. The zero-order valence-corrected chi connectivity index (χ0v) is 11.3. The molecule has 2 rings (SSSR count). The van der Waals surface area contributed by atoms with E-state index in [1.165, 1.54) is 6.08 Å². The van der Waals surface area contributed by atoms with Gasteiger partial charge in [-0.25, -0.2) is 0 Å². The molecule has 1 aromatic rings. The number of aromatic hydroxyl groups is 1. The Morgan fingerprint density at radius 3 is 2.81 bits per heavy atom. The number of hydrogen-bond donors (Lipinski definition) is 1. The summed E-state index contributed by atoms with van der Waals surface area (Å²) in [5.74, 6) is 1.37.